The van der Waals surface area contributed by atoms with E-state index < -0.39 is 0 Å². The summed E-state index contributed by atoms with van der Waals surface area (Å²) >= 11 is 1.86. The maximum atomic E-state index is 12.4. The zero-order valence-electron chi connectivity index (χ0n) is 16.8. The van der Waals surface area contributed by atoms with E-state index in [1.54, 1.807) is 16.8 Å². The van der Waals surface area contributed by atoms with E-state index in [1.807, 2.05) is 18.7 Å². The number of aryl methyl sites for hydroxylation is 2. The summed E-state index contributed by atoms with van der Waals surface area (Å²) in [5, 5.41) is 14.5. The average molecular weight is 417 g/mol. The maximum Gasteiger partial charge on any atom is 0.271 e. The summed E-state index contributed by atoms with van der Waals surface area (Å²) in [6.45, 7) is 4.81. The molecule has 1 saturated heterocycles. The van der Waals surface area contributed by atoms with Crippen LogP contribution in [0.1, 0.15) is 46.7 Å². The molecule has 1 amide bonds. The molecule has 0 aliphatic carbocycles. The Kier molecular flexibility index (Phi) is 6.34. The molecule has 2 aromatic heterocycles. The first-order valence-electron chi connectivity index (χ1n) is 10.3. The molecule has 156 valence electrons. The third-order valence-corrected chi connectivity index (χ3v) is 6.70. The number of aromatic nitrogens is 4. The standard InChI is InChI=1S/C20H28N6O2S/c1-14-10-18(23-22-14)20(28)21-12-16-4-2-3-6-25(16)7-8-26-19(27)11-15-13-29-9-5-17(15)24-26/h10-11,16H,2-9,12-13H2,1H3,(H,21,28)(H,22,23). The van der Waals surface area contributed by atoms with Crippen molar-refractivity contribution in [3.63, 3.8) is 0 Å². The molecule has 2 aliphatic heterocycles. The number of hydrogen-bond donors (Lipinski definition) is 2. The Balaban J connectivity index is 1.35. The topological polar surface area (TPSA) is 95.9 Å². The fourth-order valence-corrected chi connectivity index (χ4v) is 5.01. The molecule has 2 N–H and O–H groups in total. The van der Waals surface area contributed by atoms with Gasteiger partial charge < -0.3 is 5.32 Å². The molecule has 0 bridgehead atoms. The van der Waals surface area contributed by atoms with Crippen molar-refractivity contribution in [3.8, 4) is 0 Å². The monoisotopic (exact) mass is 416 g/mol. The highest BCUT2D eigenvalue weighted by atomic mass is 32.2. The number of aromatic amines is 1. The summed E-state index contributed by atoms with van der Waals surface area (Å²) in [5.41, 5.74) is 3.45. The quantitative estimate of drug-likeness (QED) is 0.738. The lowest BCUT2D eigenvalue weighted by Crippen LogP contribution is -2.48. The molecule has 1 unspecified atom stereocenters. The Bertz CT molecular complexity index is 924. The Hall–Kier alpha value is -2.13. The molecular formula is C20H28N6O2S. The Morgan fingerprint density at radius 1 is 1.34 bits per heavy atom. The highest BCUT2D eigenvalue weighted by Gasteiger charge is 2.23. The first-order chi connectivity index (χ1) is 14.1. The molecule has 1 fully saturated rings. The molecule has 0 spiro atoms. The molecule has 29 heavy (non-hydrogen) atoms. The number of hydrogen-bond acceptors (Lipinski definition) is 6. The molecule has 2 aromatic rings. The Morgan fingerprint density at radius 2 is 2.24 bits per heavy atom. The molecule has 8 nitrogen and oxygen atoms in total. The number of piperidine rings is 1. The normalized spacial score (nSPS) is 19.7. The number of rotatable bonds is 6. The molecule has 0 aromatic carbocycles. The Labute approximate surface area is 174 Å². The van der Waals surface area contributed by atoms with Crippen LogP contribution in [0.15, 0.2) is 16.9 Å². The minimum atomic E-state index is -0.148. The van der Waals surface area contributed by atoms with Crippen LogP contribution in [-0.4, -0.2) is 62.2 Å². The molecule has 0 radical (unpaired) electrons. The summed E-state index contributed by atoms with van der Waals surface area (Å²) in [5.74, 6) is 1.81. The summed E-state index contributed by atoms with van der Waals surface area (Å²) in [4.78, 5) is 27.1. The summed E-state index contributed by atoms with van der Waals surface area (Å²) in [7, 11) is 0. The van der Waals surface area contributed by atoms with E-state index in [0.29, 0.717) is 18.8 Å². The zero-order chi connectivity index (χ0) is 20.2. The molecule has 4 rings (SSSR count). The molecule has 0 saturated carbocycles. The van der Waals surface area contributed by atoms with Crippen LogP contribution in [0.2, 0.25) is 0 Å². The lowest BCUT2D eigenvalue weighted by molar-refractivity contribution is 0.0904. The number of likely N-dealkylation sites (tertiary alicyclic amines) is 1. The van der Waals surface area contributed by atoms with Crippen LogP contribution in [0.3, 0.4) is 0 Å². The summed E-state index contributed by atoms with van der Waals surface area (Å²) in [6.07, 6.45) is 4.29. The fraction of sp³-hybridized carbons (Fsp3) is 0.600. The van der Waals surface area contributed by atoms with E-state index in [0.717, 1.165) is 67.2 Å². The Morgan fingerprint density at radius 3 is 3.07 bits per heavy atom. The third kappa shape index (κ3) is 4.90. The van der Waals surface area contributed by atoms with Crippen LogP contribution in [0.5, 0.6) is 0 Å². The minimum absolute atomic E-state index is 0.0120. The van der Waals surface area contributed by atoms with Crippen molar-refractivity contribution in [2.45, 2.75) is 50.9 Å². The van der Waals surface area contributed by atoms with Gasteiger partial charge in [0.15, 0.2) is 0 Å². The van der Waals surface area contributed by atoms with E-state index in [2.05, 4.69) is 25.5 Å². The van der Waals surface area contributed by atoms with Gasteiger partial charge in [0.1, 0.15) is 5.69 Å². The number of carbonyl (C=O) groups excluding carboxylic acids is 1. The van der Waals surface area contributed by atoms with Gasteiger partial charge in [0.05, 0.1) is 12.2 Å². The minimum Gasteiger partial charge on any atom is -0.349 e. The number of fused-ring (bicyclic) bond motifs is 1. The fourth-order valence-electron chi connectivity index (χ4n) is 4.06. The molecular weight excluding hydrogens is 388 g/mol. The SMILES string of the molecule is Cc1cc(C(=O)NCC2CCCCN2CCn2nc3c(cc2=O)CSCC3)n[nH]1. The predicted molar refractivity (Wildman–Crippen MR) is 113 cm³/mol. The van der Waals surface area contributed by atoms with Gasteiger partial charge in [0.25, 0.3) is 11.5 Å². The smallest absolute Gasteiger partial charge is 0.271 e. The van der Waals surface area contributed by atoms with E-state index in [-0.39, 0.29) is 17.5 Å². The van der Waals surface area contributed by atoms with Crippen molar-refractivity contribution in [2.75, 3.05) is 25.4 Å². The van der Waals surface area contributed by atoms with Gasteiger partial charge in [0.2, 0.25) is 0 Å². The number of thioether (sulfide) groups is 1. The zero-order valence-corrected chi connectivity index (χ0v) is 17.6. The van der Waals surface area contributed by atoms with E-state index in [1.165, 1.54) is 0 Å². The molecule has 9 heteroatoms. The van der Waals surface area contributed by atoms with Crippen LogP contribution in [0, 0.1) is 6.92 Å². The van der Waals surface area contributed by atoms with Gasteiger partial charge >= 0.3 is 0 Å². The van der Waals surface area contributed by atoms with E-state index >= 15 is 0 Å². The van der Waals surface area contributed by atoms with Gasteiger partial charge in [-0.05, 0) is 43.7 Å². The second-order valence-electron chi connectivity index (χ2n) is 7.81. The van der Waals surface area contributed by atoms with Crippen LogP contribution in [0.4, 0.5) is 0 Å². The second kappa shape index (κ2) is 9.13. The van der Waals surface area contributed by atoms with E-state index in [9.17, 15) is 9.59 Å². The van der Waals surface area contributed by atoms with Gasteiger partial charge in [-0.15, -0.1) is 0 Å². The summed E-state index contributed by atoms with van der Waals surface area (Å²) < 4.78 is 1.62. The molecule has 4 heterocycles. The van der Waals surface area contributed by atoms with Crippen molar-refractivity contribution >= 4 is 17.7 Å². The van der Waals surface area contributed by atoms with E-state index in [4.69, 9.17) is 0 Å². The number of nitrogens with one attached hydrogen (secondary N) is 2. The van der Waals surface area contributed by atoms with Gasteiger partial charge in [-0.3, -0.25) is 19.6 Å². The van der Waals surface area contributed by atoms with Gasteiger partial charge in [0, 0.05) is 43.1 Å². The van der Waals surface area contributed by atoms with Gasteiger partial charge in [-0.1, -0.05) is 6.42 Å². The molecule has 1 atom stereocenters. The number of H-pyrrole nitrogens is 1. The van der Waals surface area contributed by atoms with Gasteiger partial charge in [-0.2, -0.15) is 22.0 Å². The number of nitrogens with zero attached hydrogens (tertiary/aromatic N) is 4. The largest absolute Gasteiger partial charge is 0.349 e. The van der Waals surface area contributed by atoms with Crippen LogP contribution >= 0.6 is 11.8 Å². The van der Waals surface area contributed by atoms with Gasteiger partial charge in [-0.25, -0.2) is 4.68 Å². The second-order valence-corrected chi connectivity index (χ2v) is 8.92. The van der Waals surface area contributed by atoms with Crippen molar-refractivity contribution in [1.29, 1.82) is 0 Å². The lowest BCUT2D eigenvalue weighted by Gasteiger charge is -2.35. The average Bonchev–Trinajstić information content (AvgIpc) is 3.17. The first kappa shape index (κ1) is 20.2. The van der Waals surface area contributed by atoms with Crippen LogP contribution < -0.4 is 10.9 Å². The van der Waals surface area contributed by atoms with Crippen LogP contribution in [-0.2, 0) is 18.7 Å². The van der Waals surface area contributed by atoms with Crippen LogP contribution in [0.25, 0.3) is 0 Å². The maximum absolute atomic E-state index is 12.4. The van der Waals surface area contributed by atoms with Crippen molar-refractivity contribution in [1.82, 2.24) is 30.2 Å². The third-order valence-electron chi connectivity index (χ3n) is 5.69. The first-order valence-corrected chi connectivity index (χ1v) is 11.5. The molecule has 2 aliphatic rings. The highest BCUT2D eigenvalue weighted by molar-refractivity contribution is 7.98. The summed E-state index contributed by atoms with van der Waals surface area (Å²) in [6, 6.07) is 3.78. The highest BCUT2D eigenvalue weighted by Crippen LogP contribution is 2.21. The predicted octanol–water partition coefficient (Wildman–Crippen LogP) is 1.35. The number of carbonyl (C=O) groups is 1. The number of amides is 1. The lowest BCUT2D eigenvalue weighted by atomic mass is 10.0. The van der Waals surface area contributed by atoms with Crippen molar-refractivity contribution < 1.29 is 4.79 Å². The van der Waals surface area contributed by atoms with Crippen molar-refractivity contribution in [2.24, 2.45) is 0 Å². The van der Waals surface area contributed by atoms with Crippen molar-refractivity contribution in [3.05, 3.63) is 45.1 Å².